The summed E-state index contributed by atoms with van der Waals surface area (Å²) in [5, 5.41) is 1.36. The van der Waals surface area contributed by atoms with Crippen LogP contribution >= 0.6 is 11.3 Å². The predicted octanol–water partition coefficient (Wildman–Crippen LogP) is 9.99. The quantitative estimate of drug-likeness (QED) is 0.247. The molecule has 0 bridgehead atoms. The molecule has 0 fully saturated rings. The van der Waals surface area contributed by atoms with Crippen molar-refractivity contribution in [2.24, 2.45) is 0 Å². The zero-order valence-corrected chi connectivity index (χ0v) is 23.2. The molecule has 1 heterocycles. The molecule has 2 heteroatoms. The van der Waals surface area contributed by atoms with Gasteiger partial charge in [0.25, 0.3) is 0 Å². The maximum atomic E-state index is 2.45. The first-order valence-corrected chi connectivity index (χ1v) is 13.6. The summed E-state index contributed by atoms with van der Waals surface area (Å²) in [6.07, 6.45) is 9.15. The highest BCUT2D eigenvalue weighted by Crippen LogP contribution is 2.38. The van der Waals surface area contributed by atoms with Crippen molar-refractivity contribution in [3.63, 3.8) is 0 Å². The number of aryl methyl sites for hydroxylation is 4. The van der Waals surface area contributed by atoms with Crippen molar-refractivity contribution >= 4 is 38.4 Å². The minimum Gasteiger partial charge on any atom is -0.140 e. The van der Waals surface area contributed by atoms with Gasteiger partial charge in [-0.2, -0.15) is 0 Å². The van der Waals surface area contributed by atoms with E-state index in [-0.39, 0.29) is 10.9 Å². The Bertz CT molecular complexity index is 1290. The van der Waals surface area contributed by atoms with E-state index in [0.717, 1.165) is 0 Å². The number of fused-ring (bicyclic) bond motifs is 1. The molecule has 0 nitrogen and oxygen atoms in total. The highest BCUT2D eigenvalue weighted by Gasteiger charge is 2.31. The summed E-state index contributed by atoms with van der Waals surface area (Å²) >= 11 is 1.89. The predicted molar refractivity (Wildman–Crippen MR) is 153 cm³/mol. The van der Waals surface area contributed by atoms with Gasteiger partial charge in [0, 0.05) is 39.9 Å². The van der Waals surface area contributed by atoms with Crippen LogP contribution in [0.15, 0.2) is 80.5 Å². The summed E-state index contributed by atoms with van der Waals surface area (Å²) in [7, 11) is -0.116. The third-order valence-corrected chi connectivity index (χ3v) is 9.79. The Kier molecular flexibility index (Phi) is 8.26. The molecular weight excluding hydrogens is 436 g/mol. The van der Waals surface area contributed by atoms with Crippen LogP contribution < -0.4 is 0 Å². The largest absolute Gasteiger partial charge is 0.169 e. The Morgan fingerprint density at radius 2 is 1.48 bits per heavy atom. The lowest BCUT2D eigenvalue weighted by atomic mass is 10.1. The molecule has 0 N–H and O–H groups in total. The second kappa shape index (κ2) is 10.8. The zero-order chi connectivity index (χ0) is 24.3. The van der Waals surface area contributed by atoms with E-state index in [0.29, 0.717) is 0 Å². The number of rotatable bonds is 6. The van der Waals surface area contributed by atoms with Gasteiger partial charge in [0.1, 0.15) is 9.81 Å². The molecule has 0 radical (unpaired) electrons. The first-order chi connectivity index (χ1) is 15.6. The van der Waals surface area contributed by atoms with Crippen molar-refractivity contribution < 1.29 is 0 Å². The monoisotopic (exact) mass is 473 g/mol. The van der Waals surface area contributed by atoms with Crippen LogP contribution in [-0.4, -0.2) is 0 Å². The Balaban J connectivity index is 2.22. The van der Waals surface area contributed by atoms with Crippen LogP contribution in [0.25, 0.3) is 16.2 Å². The molecule has 172 valence electrons. The van der Waals surface area contributed by atoms with E-state index in [1.165, 1.54) is 63.1 Å². The first-order valence-electron chi connectivity index (χ1n) is 11.6. The standard InChI is InChI=1S/C31H37S2/c1-10-13-20(2)22(4)17-25(7)33(31-18-23(5)21(3)16-24(31)6)26(8)19-29-27(9)32-30-15-12-11-14-28(29)30/h10-19H,1-9H3/q+1/b13-10+,22-20-,25-17+,26-19+. The molecule has 0 amide bonds. The van der Waals surface area contributed by atoms with E-state index in [1.54, 1.807) is 0 Å². The highest BCUT2D eigenvalue weighted by atomic mass is 32.2. The fraction of sp³-hybridized carbons (Fsp3) is 0.290. The van der Waals surface area contributed by atoms with Gasteiger partial charge >= 0.3 is 0 Å². The van der Waals surface area contributed by atoms with Crippen molar-refractivity contribution in [2.75, 3.05) is 0 Å². The van der Waals surface area contributed by atoms with Crippen LogP contribution in [-0.2, 0) is 10.9 Å². The summed E-state index contributed by atoms with van der Waals surface area (Å²) in [5.74, 6) is 0. The van der Waals surface area contributed by atoms with E-state index in [2.05, 4.69) is 123 Å². The van der Waals surface area contributed by atoms with Gasteiger partial charge in [-0.05, 0) is 95.0 Å². The van der Waals surface area contributed by atoms with Crippen molar-refractivity contribution in [2.45, 2.75) is 67.2 Å². The number of hydrogen-bond acceptors (Lipinski definition) is 1. The molecule has 0 saturated carbocycles. The lowest BCUT2D eigenvalue weighted by Gasteiger charge is -2.14. The Hall–Kier alpha value is -2.29. The molecule has 0 spiro atoms. The molecule has 33 heavy (non-hydrogen) atoms. The van der Waals surface area contributed by atoms with Gasteiger partial charge in [-0.15, -0.1) is 11.3 Å². The van der Waals surface area contributed by atoms with Gasteiger partial charge < -0.3 is 0 Å². The third kappa shape index (κ3) is 5.62. The molecule has 0 aliphatic carbocycles. The maximum Gasteiger partial charge on any atom is 0.169 e. The van der Waals surface area contributed by atoms with Gasteiger partial charge in [0.2, 0.25) is 0 Å². The normalized spacial score (nSPS) is 14.8. The zero-order valence-electron chi connectivity index (χ0n) is 21.6. The Morgan fingerprint density at radius 3 is 2.18 bits per heavy atom. The molecule has 0 saturated heterocycles. The fourth-order valence-electron chi connectivity index (χ4n) is 4.24. The van der Waals surface area contributed by atoms with Crippen LogP contribution in [0.2, 0.25) is 0 Å². The lowest BCUT2D eigenvalue weighted by Crippen LogP contribution is -2.09. The molecule has 3 aromatic rings. The summed E-state index contributed by atoms with van der Waals surface area (Å²) in [6.45, 7) is 20.1. The number of thiophene rings is 1. The van der Waals surface area contributed by atoms with Gasteiger partial charge in [0.05, 0.1) is 10.9 Å². The van der Waals surface area contributed by atoms with E-state index < -0.39 is 0 Å². The number of hydrogen-bond donors (Lipinski definition) is 0. The average Bonchev–Trinajstić information content (AvgIpc) is 3.07. The highest BCUT2D eigenvalue weighted by molar-refractivity contribution is 8.04. The van der Waals surface area contributed by atoms with E-state index in [1.807, 2.05) is 11.3 Å². The van der Waals surface area contributed by atoms with Gasteiger partial charge in [0.15, 0.2) is 4.90 Å². The minimum atomic E-state index is -0.116. The smallest absolute Gasteiger partial charge is 0.140 e. The molecule has 1 atom stereocenters. The average molecular weight is 474 g/mol. The summed E-state index contributed by atoms with van der Waals surface area (Å²) in [6, 6.07) is 13.5. The molecule has 0 aliphatic rings. The number of benzene rings is 2. The van der Waals surface area contributed by atoms with Crippen LogP contribution in [0.4, 0.5) is 0 Å². The summed E-state index contributed by atoms with van der Waals surface area (Å²) in [5.41, 5.74) is 8.12. The van der Waals surface area contributed by atoms with Gasteiger partial charge in [-0.25, -0.2) is 0 Å². The van der Waals surface area contributed by atoms with Crippen LogP contribution in [0.1, 0.15) is 61.7 Å². The van der Waals surface area contributed by atoms with Crippen LogP contribution in [0.3, 0.4) is 0 Å². The second-order valence-corrected chi connectivity index (χ2v) is 12.5. The fourth-order valence-corrected chi connectivity index (χ4v) is 7.69. The molecule has 1 unspecified atom stereocenters. The minimum absolute atomic E-state index is 0.116. The molecule has 0 aliphatic heterocycles. The second-order valence-electron chi connectivity index (χ2n) is 8.95. The van der Waals surface area contributed by atoms with Crippen LogP contribution in [0.5, 0.6) is 0 Å². The Morgan fingerprint density at radius 1 is 0.818 bits per heavy atom. The van der Waals surface area contributed by atoms with Crippen molar-refractivity contribution in [1.82, 2.24) is 0 Å². The third-order valence-electron chi connectivity index (χ3n) is 6.28. The molecule has 2 aromatic carbocycles. The topological polar surface area (TPSA) is 0 Å². The first kappa shape index (κ1) is 25.3. The van der Waals surface area contributed by atoms with Crippen LogP contribution in [0, 0.1) is 27.7 Å². The van der Waals surface area contributed by atoms with Crippen molar-refractivity contribution in [1.29, 1.82) is 0 Å². The molecule has 3 rings (SSSR count). The van der Waals surface area contributed by atoms with E-state index in [4.69, 9.17) is 0 Å². The summed E-state index contributed by atoms with van der Waals surface area (Å²) < 4.78 is 1.37. The van der Waals surface area contributed by atoms with Crippen molar-refractivity contribution in [3.8, 4) is 0 Å². The van der Waals surface area contributed by atoms with Gasteiger partial charge in [-0.1, -0.05) is 36.4 Å². The van der Waals surface area contributed by atoms with Gasteiger partial charge in [-0.3, -0.25) is 0 Å². The lowest BCUT2D eigenvalue weighted by molar-refractivity contribution is 1.20. The van der Waals surface area contributed by atoms with Crippen molar-refractivity contribution in [3.05, 3.63) is 103 Å². The summed E-state index contributed by atoms with van der Waals surface area (Å²) in [4.78, 5) is 5.65. The molecular formula is C31H37S2+. The number of allylic oxidation sites excluding steroid dienone is 7. The SMILES string of the molecule is C/C=C/C(C)=C(C)\C=C(/C)[S+](/C(C)=C/c1c(C)sc2ccccc12)c1cc(C)c(C)cc1C. The Labute approximate surface area is 207 Å². The maximum absolute atomic E-state index is 2.45. The van der Waals surface area contributed by atoms with E-state index in [9.17, 15) is 0 Å². The molecule has 1 aromatic heterocycles. The van der Waals surface area contributed by atoms with E-state index >= 15 is 0 Å².